The van der Waals surface area contributed by atoms with Crippen molar-refractivity contribution >= 4 is 6.08 Å². The van der Waals surface area contributed by atoms with Crippen LogP contribution in [-0.4, -0.2) is 11.5 Å². The minimum absolute atomic E-state index is 0.462. The molecule has 2 N–H and O–H groups in total. The minimum atomic E-state index is -0.468. The molecule has 3 heteroatoms. The molecule has 0 amide bonds. The van der Waals surface area contributed by atoms with Crippen molar-refractivity contribution in [2.45, 2.75) is 0 Å². The third-order valence-corrected chi connectivity index (χ3v) is 1.20. The zero-order valence-electron chi connectivity index (χ0n) is 6.00. The molecule has 0 unspecified atom stereocenters. The van der Waals surface area contributed by atoms with Crippen LogP contribution in [0.5, 0.6) is 0 Å². The van der Waals surface area contributed by atoms with E-state index in [1.165, 1.54) is 12.3 Å². The van der Waals surface area contributed by atoms with Gasteiger partial charge in [0.1, 0.15) is 0 Å². The van der Waals surface area contributed by atoms with Crippen molar-refractivity contribution in [3.05, 3.63) is 35.9 Å². The van der Waals surface area contributed by atoms with Crippen LogP contribution in [0.1, 0.15) is 5.56 Å². The van der Waals surface area contributed by atoms with Gasteiger partial charge in [0.25, 0.3) is 0 Å². The van der Waals surface area contributed by atoms with Crippen LogP contribution in [0.15, 0.2) is 24.4 Å². The molecular formula is C8H9FN2. The third kappa shape index (κ3) is 2.47. The standard InChI is InChI=1S/C8H9FN2/c9-8-6-7(2-1-4-10)3-5-11-8/h1-3,5-6H,4,10H2. The first kappa shape index (κ1) is 7.88. The van der Waals surface area contributed by atoms with Crippen LogP contribution in [-0.2, 0) is 0 Å². The number of hydrogen-bond donors (Lipinski definition) is 1. The smallest absolute Gasteiger partial charge is 0.213 e. The number of halogens is 1. The zero-order valence-corrected chi connectivity index (χ0v) is 6.00. The maximum absolute atomic E-state index is 12.4. The van der Waals surface area contributed by atoms with Crippen molar-refractivity contribution in [3.8, 4) is 0 Å². The summed E-state index contributed by atoms with van der Waals surface area (Å²) in [5.41, 5.74) is 6.00. The summed E-state index contributed by atoms with van der Waals surface area (Å²) in [5.74, 6) is -0.468. The lowest BCUT2D eigenvalue weighted by Crippen LogP contribution is -1.92. The molecule has 0 spiro atoms. The van der Waals surface area contributed by atoms with Crippen LogP contribution >= 0.6 is 0 Å². The molecule has 11 heavy (non-hydrogen) atoms. The average Bonchev–Trinajstić information content (AvgIpc) is 2.01. The molecule has 0 aliphatic heterocycles. The first-order valence-electron chi connectivity index (χ1n) is 3.31. The highest BCUT2D eigenvalue weighted by Gasteiger charge is 1.89. The van der Waals surface area contributed by atoms with Gasteiger partial charge in [-0.15, -0.1) is 0 Å². The molecule has 1 aromatic rings. The fourth-order valence-corrected chi connectivity index (χ4v) is 0.725. The van der Waals surface area contributed by atoms with Gasteiger partial charge in [-0.2, -0.15) is 4.39 Å². The predicted octanol–water partition coefficient (Wildman–Crippen LogP) is 1.19. The number of rotatable bonds is 2. The highest BCUT2D eigenvalue weighted by atomic mass is 19.1. The Bertz CT molecular complexity index is 258. The predicted molar refractivity (Wildman–Crippen MR) is 42.3 cm³/mol. The Labute approximate surface area is 64.6 Å². The lowest BCUT2D eigenvalue weighted by atomic mass is 10.2. The Hall–Kier alpha value is -1.22. The summed E-state index contributed by atoms with van der Waals surface area (Å²) in [6.45, 7) is 0.462. The lowest BCUT2D eigenvalue weighted by molar-refractivity contribution is 0.583. The van der Waals surface area contributed by atoms with Gasteiger partial charge in [-0.05, 0) is 11.6 Å². The Morgan fingerprint density at radius 3 is 3.09 bits per heavy atom. The second-order valence-electron chi connectivity index (χ2n) is 2.05. The van der Waals surface area contributed by atoms with E-state index in [1.54, 1.807) is 18.2 Å². The Morgan fingerprint density at radius 2 is 2.45 bits per heavy atom. The molecule has 0 bridgehead atoms. The first-order valence-corrected chi connectivity index (χ1v) is 3.31. The molecule has 1 heterocycles. The fraction of sp³-hybridized carbons (Fsp3) is 0.125. The van der Waals surface area contributed by atoms with E-state index < -0.39 is 5.95 Å². The molecule has 2 nitrogen and oxygen atoms in total. The number of hydrogen-bond acceptors (Lipinski definition) is 2. The summed E-state index contributed by atoms with van der Waals surface area (Å²) >= 11 is 0. The molecule has 1 rings (SSSR count). The van der Waals surface area contributed by atoms with Crippen LogP contribution in [0, 0.1) is 5.95 Å². The van der Waals surface area contributed by atoms with Crippen LogP contribution in [0.25, 0.3) is 6.08 Å². The van der Waals surface area contributed by atoms with E-state index >= 15 is 0 Å². The van der Waals surface area contributed by atoms with E-state index in [9.17, 15) is 4.39 Å². The van der Waals surface area contributed by atoms with Gasteiger partial charge in [0, 0.05) is 18.8 Å². The summed E-state index contributed by atoms with van der Waals surface area (Å²) in [6.07, 6.45) is 4.94. The molecule has 0 fully saturated rings. The summed E-state index contributed by atoms with van der Waals surface area (Å²) in [7, 11) is 0. The highest BCUT2D eigenvalue weighted by molar-refractivity contribution is 5.48. The Kier molecular flexibility index (Phi) is 2.74. The van der Waals surface area contributed by atoms with Gasteiger partial charge in [0.15, 0.2) is 0 Å². The third-order valence-electron chi connectivity index (χ3n) is 1.20. The monoisotopic (exact) mass is 152 g/mol. The van der Waals surface area contributed by atoms with Gasteiger partial charge in [0.05, 0.1) is 0 Å². The van der Waals surface area contributed by atoms with Gasteiger partial charge < -0.3 is 5.73 Å². The van der Waals surface area contributed by atoms with Gasteiger partial charge in [0.2, 0.25) is 5.95 Å². The fourth-order valence-electron chi connectivity index (χ4n) is 0.725. The number of nitrogens with two attached hydrogens (primary N) is 1. The first-order chi connectivity index (χ1) is 5.33. The maximum Gasteiger partial charge on any atom is 0.213 e. The van der Waals surface area contributed by atoms with Crippen molar-refractivity contribution in [1.29, 1.82) is 0 Å². The topological polar surface area (TPSA) is 38.9 Å². The molecule has 0 aliphatic carbocycles. The zero-order chi connectivity index (χ0) is 8.10. The van der Waals surface area contributed by atoms with Gasteiger partial charge >= 0.3 is 0 Å². The molecular weight excluding hydrogens is 143 g/mol. The van der Waals surface area contributed by atoms with Gasteiger partial charge in [-0.1, -0.05) is 12.2 Å². The Balaban J connectivity index is 2.79. The van der Waals surface area contributed by atoms with Crippen LogP contribution < -0.4 is 5.73 Å². The normalized spacial score (nSPS) is 10.7. The van der Waals surface area contributed by atoms with Gasteiger partial charge in [-0.25, -0.2) is 4.98 Å². The number of nitrogens with zero attached hydrogens (tertiary/aromatic N) is 1. The summed E-state index contributed by atoms with van der Waals surface area (Å²) in [6, 6.07) is 3.07. The molecule has 0 saturated heterocycles. The lowest BCUT2D eigenvalue weighted by Gasteiger charge is -1.90. The van der Waals surface area contributed by atoms with Crippen LogP contribution in [0.3, 0.4) is 0 Å². The summed E-state index contributed by atoms with van der Waals surface area (Å²) in [5, 5.41) is 0. The van der Waals surface area contributed by atoms with Crippen LogP contribution in [0.4, 0.5) is 4.39 Å². The van der Waals surface area contributed by atoms with E-state index in [-0.39, 0.29) is 0 Å². The average molecular weight is 152 g/mol. The van der Waals surface area contributed by atoms with Crippen molar-refractivity contribution < 1.29 is 4.39 Å². The minimum Gasteiger partial charge on any atom is -0.327 e. The molecule has 0 aliphatic rings. The van der Waals surface area contributed by atoms with E-state index in [2.05, 4.69) is 4.98 Å². The van der Waals surface area contributed by atoms with Crippen LogP contribution in [0.2, 0.25) is 0 Å². The molecule has 0 aromatic carbocycles. The second kappa shape index (κ2) is 3.83. The van der Waals surface area contributed by atoms with Crippen molar-refractivity contribution in [2.75, 3.05) is 6.54 Å². The summed E-state index contributed by atoms with van der Waals surface area (Å²) < 4.78 is 12.4. The number of aromatic nitrogens is 1. The number of pyridine rings is 1. The molecule has 1 aromatic heterocycles. The molecule has 0 atom stereocenters. The Morgan fingerprint density at radius 1 is 1.64 bits per heavy atom. The van der Waals surface area contributed by atoms with Crippen molar-refractivity contribution in [1.82, 2.24) is 4.98 Å². The van der Waals surface area contributed by atoms with E-state index in [4.69, 9.17) is 5.73 Å². The SMILES string of the molecule is NCC=Cc1ccnc(F)c1. The maximum atomic E-state index is 12.4. The highest BCUT2D eigenvalue weighted by Crippen LogP contribution is 2.01. The van der Waals surface area contributed by atoms with E-state index in [1.807, 2.05) is 0 Å². The second-order valence-corrected chi connectivity index (χ2v) is 2.05. The molecule has 0 radical (unpaired) electrons. The van der Waals surface area contributed by atoms with Gasteiger partial charge in [-0.3, -0.25) is 0 Å². The van der Waals surface area contributed by atoms with Crippen molar-refractivity contribution in [3.63, 3.8) is 0 Å². The van der Waals surface area contributed by atoms with Crippen molar-refractivity contribution in [2.24, 2.45) is 5.73 Å². The molecule has 58 valence electrons. The van der Waals surface area contributed by atoms with E-state index in [0.717, 1.165) is 5.56 Å². The largest absolute Gasteiger partial charge is 0.327 e. The molecule has 0 saturated carbocycles. The quantitative estimate of drug-likeness (QED) is 0.646. The summed E-state index contributed by atoms with van der Waals surface area (Å²) in [4.78, 5) is 3.42. The van der Waals surface area contributed by atoms with E-state index in [0.29, 0.717) is 6.54 Å².